The van der Waals surface area contributed by atoms with Gasteiger partial charge >= 0.3 is 0 Å². The quantitative estimate of drug-likeness (QED) is 0.884. The number of benzene rings is 1. The molecule has 0 fully saturated rings. The minimum Gasteiger partial charge on any atom is -0.384 e. The molecule has 0 saturated carbocycles. The number of hydrogen-bond acceptors (Lipinski definition) is 4. The number of nitrogens with zero attached hydrogens (tertiary/aromatic N) is 1. The Morgan fingerprint density at radius 1 is 1.47 bits per heavy atom. The molecule has 0 aliphatic heterocycles. The first-order valence-corrected chi connectivity index (χ1v) is 5.21. The Bertz CT molecular complexity index is 511. The van der Waals surface area contributed by atoms with E-state index >= 15 is 0 Å². The van der Waals surface area contributed by atoms with Crippen LogP contribution in [0.2, 0.25) is 0 Å². The van der Waals surface area contributed by atoms with Gasteiger partial charge in [0, 0.05) is 13.5 Å². The summed E-state index contributed by atoms with van der Waals surface area (Å²) in [5, 5.41) is 3.70. The van der Waals surface area contributed by atoms with Crippen molar-refractivity contribution in [3.8, 4) is 11.1 Å². The maximum absolute atomic E-state index is 13.2. The molecule has 17 heavy (non-hydrogen) atoms. The van der Waals surface area contributed by atoms with Crippen LogP contribution in [0, 0.1) is 5.82 Å². The fourth-order valence-corrected chi connectivity index (χ4v) is 1.66. The summed E-state index contributed by atoms with van der Waals surface area (Å²) in [5.74, 6) is 0.553. The second-order valence-electron chi connectivity index (χ2n) is 3.62. The van der Waals surface area contributed by atoms with Gasteiger partial charge in [0.1, 0.15) is 11.6 Å². The van der Waals surface area contributed by atoms with Crippen LogP contribution in [-0.4, -0.2) is 18.9 Å². The molecule has 1 aromatic heterocycles. The van der Waals surface area contributed by atoms with Crippen LogP contribution in [-0.2, 0) is 11.2 Å². The molecule has 2 N–H and O–H groups in total. The third-order valence-corrected chi connectivity index (χ3v) is 2.44. The van der Waals surface area contributed by atoms with E-state index in [4.69, 9.17) is 15.0 Å². The number of hydrogen-bond donors (Lipinski definition) is 1. The van der Waals surface area contributed by atoms with Gasteiger partial charge in [0.2, 0.25) is 0 Å². The molecule has 0 unspecified atom stereocenters. The van der Waals surface area contributed by atoms with Crippen LogP contribution in [0.15, 0.2) is 28.8 Å². The highest BCUT2D eigenvalue weighted by atomic mass is 19.1. The minimum absolute atomic E-state index is 0.265. The van der Waals surface area contributed by atoms with E-state index in [0.29, 0.717) is 29.9 Å². The summed E-state index contributed by atoms with van der Waals surface area (Å²) in [6, 6.07) is 6.17. The Morgan fingerprint density at radius 3 is 3.00 bits per heavy atom. The monoisotopic (exact) mass is 236 g/mol. The van der Waals surface area contributed by atoms with E-state index in [-0.39, 0.29) is 11.6 Å². The summed E-state index contributed by atoms with van der Waals surface area (Å²) >= 11 is 0. The van der Waals surface area contributed by atoms with Gasteiger partial charge in [0.05, 0.1) is 12.2 Å². The van der Waals surface area contributed by atoms with Crippen molar-refractivity contribution in [1.82, 2.24) is 5.16 Å². The van der Waals surface area contributed by atoms with E-state index in [1.165, 1.54) is 12.1 Å². The third kappa shape index (κ3) is 2.45. The number of nitrogens with two attached hydrogens (primary N) is 1. The number of rotatable bonds is 4. The molecule has 4 nitrogen and oxygen atoms in total. The van der Waals surface area contributed by atoms with Crippen molar-refractivity contribution in [1.29, 1.82) is 0 Å². The molecule has 0 radical (unpaired) electrons. The lowest BCUT2D eigenvalue weighted by Gasteiger charge is -2.02. The molecular formula is C12H13FN2O2. The molecule has 5 heteroatoms. The minimum atomic E-state index is -0.319. The first-order valence-electron chi connectivity index (χ1n) is 5.21. The molecule has 0 atom stereocenters. The molecule has 1 heterocycles. The summed E-state index contributed by atoms with van der Waals surface area (Å²) in [6.45, 7) is 0.497. The number of ether oxygens (including phenoxy) is 1. The molecule has 0 amide bonds. The number of nitrogen functional groups attached to an aromatic ring is 1. The van der Waals surface area contributed by atoms with Gasteiger partial charge in [0.25, 0.3) is 0 Å². The van der Waals surface area contributed by atoms with Gasteiger partial charge in [-0.1, -0.05) is 17.3 Å². The van der Waals surface area contributed by atoms with Crippen LogP contribution in [0.4, 0.5) is 10.2 Å². The largest absolute Gasteiger partial charge is 0.384 e. The van der Waals surface area contributed by atoms with Crippen molar-refractivity contribution in [3.63, 3.8) is 0 Å². The Labute approximate surface area is 98.2 Å². The first kappa shape index (κ1) is 11.6. The van der Waals surface area contributed by atoms with Crippen LogP contribution in [0.1, 0.15) is 5.76 Å². The highest BCUT2D eigenvalue weighted by Crippen LogP contribution is 2.30. The molecule has 0 spiro atoms. The van der Waals surface area contributed by atoms with Gasteiger partial charge in [-0.05, 0) is 17.7 Å². The number of aromatic nitrogens is 1. The van der Waals surface area contributed by atoms with Crippen LogP contribution >= 0.6 is 0 Å². The number of halogens is 1. The normalized spacial score (nSPS) is 10.7. The Hall–Kier alpha value is -1.88. The average molecular weight is 236 g/mol. The molecule has 1 aromatic carbocycles. The van der Waals surface area contributed by atoms with Crippen molar-refractivity contribution >= 4 is 5.82 Å². The fourth-order valence-electron chi connectivity index (χ4n) is 1.66. The lowest BCUT2D eigenvalue weighted by atomic mass is 10.0. The average Bonchev–Trinajstić information content (AvgIpc) is 2.68. The molecule has 0 aliphatic rings. The number of methoxy groups -OCH3 is 1. The van der Waals surface area contributed by atoms with E-state index in [1.807, 2.05) is 0 Å². The zero-order chi connectivity index (χ0) is 12.3. The standard InChI is InChI=1S/C12H13FN2O2/c1-16-6-5-10-11(12(14)15-17-10)8-3-2-4-9(13)7-8/h2-4,7H,5-6H2,1H3,(H2,14,15). The summed E-state index contributed by atoms with van der Waals surface area (Å²) < 4.78 is 23.2. The van der Waals surface area contributed by atoms with E-state index in [1.54, 1.807) is 19.2 Å². The summed E-state index contributed by atoms with van der Waals surface area (Å²) in [4.78, 5) is 0. The smallest absolute Gasteiger partial charge is 0.175 e. The van der Waals surface area contributed by atoms with Gasteiger partial charge in [-0.3, -0.25) is 0 Å². The van der Waals surface area contributed by atoms with E-state index in [2.05, 4.69) is 5.16 Å². The predicted molar refractivity (Wildman–Crippen MR) is 61.9 cm³/mol. The Kier molecular flexibility index (Phi) is 3.39. The van der Waals surface area contributed by atoms with Crippen LogP contribution < -0.4 is 5.73 Å². The highest BCUT2D eigenvalue weighted by Gasteiger charge is 2.15. The van der Waals surface area contributed by atoms with Gasteiger partial charge in [-0.25, -0.2) is 4.39 Å². The topological polar surface area (TPSA) is 61.3 Å². The number of anilines is 1. The summed E-state index contributed by atoms with van der Waals surface area (Å²) in [5.41, 5.74) is 7.03. The predicted octanol–water partition coefficient (Wildman–Crippen LogP) is 2.25. The van der Waals surface area contributed by atoms with Crippen molar-refractivity contribution in [2.75, 3.05) is 19.5 Å². The lowest BCUT2D eigenvalue weighted by Crippen LogP contribution is -1.96. The molecule has 0 saturated heterocycles. The third-order valence-electron chi connectivity index (χ3n) is 2.44. The van der Waals surface area contributed by atoms with Gasteiger partial charge < -0.3 is 15.0 Å². The van der Waals surface area contributed by atoms with E-state index < -0.39 is 0 Å². The molecule has 2 aromatic rings. The van der Waals surface area contributed by atoms with Crippen LogP contribution in [0.5, 0.6) is 0 Å². The first-order chi connectivity index (χ1) is 8.22. The highest BCUT2D eigenvalue weighted by molar-refractivity contribution is 5.75. The zero-order valence-corrected chi connectivity index (χ0v) is 9.44. The van der Waals surface area contributed by atoms with Gasteiger partial charge in [-0.15, -0.1) is 0 Å². The second kappa shape index (κ2) is 4.97. The van der Waals surface area contributed by atoms with Crippen molar-refractivity contribution in [3.05, 3.63) is 35.8 Å². The van der Waals surface area contributed by atoms with Crippen LogP contribution in [0.25, 0.3) is 11.1 Å². The Morgan fingerprint density at radius 2 is 2.29 bits per heavy atom. The van der Waals surface area contributed by atoms with Crippen molar-refractivity contribution < 1.29 is 13.7 Å². The van der Waals surface area contributed by atoms with E-state index in [0.717, 1.165) is 0 Å². The van der Waals surface area contributed by atoms with Gasteiger partial charge in [0.15, 0.2) is 5.82 Å². The lowest BCUT2D eigenvalue weighted by molar-refractivity contribution is 0.193. The zero-order valence-electron chi connectivity index (χ0n) is 9.44. The molecule has 0 aliphatic carbocycles. The maximum Gasteiger partial charge on any atom is 0.175 e. The van der Waals surface area contributed by atoms with Crippen molar-refractivity contribution in [2.24, 2.45) is 0 Å². The Balaban J connectivity index is 2.39. The molecule has 0 bridgehead atoms. The van der Waals surface area contributed by atoms with Crippen molar-refractivity contribution in [2.45, 2.75) is 6.42 Å². The van der Waals surface area contributed by atoms with E-state index in [9.17, 15) is 4.39 Å². The van der Waals surface area contributed by atoms with Gasteiger partial charge in [-0.2, -0.15) is 0 Å². The maximum atomic E-state index is 13.2. The second-order valence-corrected chi connectivity index (χ2v) is 3.62. The molecule has 90 valence electrons. The summed E-state index contributed by atoms with van der Waals surface area (Å²) in [7, 11) is 1.60. The molecule has 2 rings (SSSR count). The molecular weight excluding hydrogens is 223 g/mol. The van der Waals surface area contributed by atoms with Crippen LogP contribution in [0.3, 0.4) is 0 Å². The SMILES string of the molecule is COCCc1onc(N)c1-c1cccc(F)c1. The summed E-state index contributed by atoms with van der Waals surface area (Å²) in [6.07, 6.45) is 0.548. The fraction of sp³-hybridized carbons (Fsp3) is 0.250.